The summed E-state index contributed by atoms with van der Waals surface area (Å²) in [6.07, 6.45) is 4.19. The van der Waals surface area contributed by atoms with E-state index in [-0.39, 0.29) is 5.43 Å². The zero-order valence-electron chi connectivity index (χ0n) is 21.2. The number of piperazine rings is 1. The van der Waals surface area contributed by atoms with Crippen molar-refractivity contribution >= 4 is 45.1 Å². The Labute approximate surface area is 231 Å². The number of anilines is 1. The standard InChI is InChI=1S/C29H29N3O4S2/c1-34-22-8-6-21(7-9-22)25-20-36-26-19-23(10-11-24(26)28(25)33)35-17-4-18-38-29(37)32-15-13-31(14-16-32)27-5-2-3-12-30-27/h2-3,5-12,19-20H,4,13-18H2,1H3. The van der Waals surface area contributed by atoms with Crippen LogP contribution >= 0.6 is 24.0 Å². The number of ether oxygens (including phenoxy) is 2. The first-order valence-corrected chi connectivity index (χ1v) is 13.9. The lowest BCUT2D eigenvalue weighted by Gasteiger charge is -2.36. The van der Waals surface area contributed by atoms with E-state index in [1.54, 1.807) is 31.0 Å². The van der Waals surface area contributed by atoms with Crippen molar-refractivity contribution in [2.24, 2.45) is 0 Å². The molecule has 0 saturated carbocycles. The minimum atomic E-state index is -0.0752. The molecular formula is C29H29N3O4S2. The molecule has 0 N–H and O–H groups in total. The molecule has 1 fully saturated rings. The van der Waals surface area contributed by atoms with Crippen LogP contribution in [0, 0.1) is 0 Å². The van der Waals surface area contributed by atoms with Crippen molar-refractivity contribution in [1.29, 1.82) is 0 Å². The number of benzene rings is 2. The van der Waals surface area contributed by atoms with Crippen LogP contribution in [0.2, 0.25) is 0 Å². The van der Waals surface area contributed by atoms with E-state index in [0.717, 1.165) is 59.8 Å². The Hall–Kier alpha value is -3.56. The minimum absolute atomic E-state index is 0.0752. The Morgan fingerprint density at radius 2 is 1.84 bits per heavy atom. The van der Waals surface area contributed by atoms with Gasteiger partial charge < -0.3 is 23.7 Å². The number of aromatic nitrogens is 1. The van der Waals surface area contributed by atoms with Crippen LogP contribution in [0.3, 0.4) is 0 Å². The van der Waals surface area contributed by atoms with E-state index in [4.69, 9.17) is 26.1 Å². The van der Waals surface area contributed by atoms with Crippen LogP contribution in [0.1, 0.15) is 6.42 Å². The van der Waals surface area contributed by atoms with Gasteiger partial charge in [-0.15, -0.1) is 0 Å². The van der Waals surface area contributed by atoms with E-state index in [0.29, 0.717) is 28.9 Å². The van der Waals surface area contributed by atoms with Gasteiger partial charge in [-0.1, -0.05) is 42.2 Å². The van der Waals surface area contributed by atoms with Crippen molar-refractivity contribution in [3.8, 4) is 22.6 Å². The lowest BCUT2D eigenvalue weighted by atomic mass is 10.1. The Bertz CT molecular complexity index is 1440. The molecule has 38 heavy (non-hydrogen) atoms. The van der Waals surface area contributed by atoms with Gasteiger partial charge in [0.25, 0.3) is 0 Å². The van der Waals surface area contributed by atoms with Crippen molar-refractivity contribution < 1.29 is 13.9 Å². The molecule has 1 saturated heterocycles. The maximum absolute atomic E-state index is 13.0. The molecule has 0 unspecified atom stereocenters. The molecule has 4 aromatic rings. The average molecular weight is 548 g/mol. The van der Waals surface area contributed by atoms with Crippen LogP contribution in [-0.4, -0.2) is 59.9 Å². The number of hydrogen-bond donors (Lipinski definition) is 0. The predicted octanol–water partition coefficient (Wildman–Crippen LogP) is 5.47. The third-order valence-corrected chi connectivity index (χ3v) is 8.05. The van der Waals surface area contributed by atoms with Crippen molar-refractivity contribution in [2.75, 3.05) is 50.5 Å². The maximum atomic E-state index is 13.0. The lowest BCUT2D eigenvalue weighted by molar-refractivity contribution is 0.318. The third kappa shape index (κ3) is 6.11. The molecule has 0 bridgehead atoms. The van der Waals surface area contributed by atoms with Gasteiger partial charge in [-0.3, -0.25) is 4.79 Å². The molecule has 9 heteroatoms. The molecule has 2 aromatic heterocycles. The summed E-state index contributed by atoms with van der Waals surface area (Å²) < 4.78 is 17.8. The van der Waals surface area contributed by atoms with Gasteiger partial charge in [-0.2, -0.15) is 0 Å². The van der Waals surface area contributed by atoms with Gasteiger partial charge in [0, 0.05) is 44.2 Å². The Morgan fingerprint density at radius 1 is 1.05 bits per heavy atom. The summed E-state index contributed by atoms with van der Waals surface area (Å²) in [5, 5.41) is 0.523. The number of rotatable bonds is 8. The van der Waals surface area contributed by atoms with Crippen LogP contribution in [0.25, 0.3) is 22.1 Å². The van der Waals surface area contributed by atoms with E-state index < -0.39 is 0 Å². The zero-order chi connectivity index (χ0) is 26.3. The maximum Gasteiger partial charge on any atom is 0.200 e. The van der Waals surface area contributed by atoms with Gasteiger partial charge in [0.1, 0.15) is 33.5 Å². The second-order valence-corrected chi connectivity index (χ2v) is 10.6. The molecule has 196 valence electrons. The molecule has 0 spiro atoms. The molecule has 1 aliphatic rings. The normalized spacial score (nSPS) is 13.5. The molecular weight excluding hydrogens is 518 g/mol. The predicted molar refractivity (Wildman–Crippen MR) is 158 cm³/mol. The number of nitrogens with zero attached hydrogens (tertiary/aromatic N) is 3. The van der Waals surface area contributed by atoms with Gasteiger partial charge >= 0.3 is 0 Å². The zero-order valence-corrected chi connectivity index (χ0v) is 22.8. The van der Waals surface area contributed by atoms with E-state index in [1.165, 1.54) is 6.26 Å². The van der Waals surface area contributed by atoms with Gasteiger partial charge in [-0.05, 0) is 48.4 Å². The van der Waals surface area contributed by atoms with Gasteiger partial charge in [0.05, 0.1) is 24.7 Å². The number of hydrogen-bond acceptors (Lipinski definition) is 8. The highest BCUT2D eigenvalue weighted by atomic mass is 32.2. The Balaban J connectivity index is 1.08. The molecule has 3 heterocycles. The second-order valence-electron chi connectivity index (χ2n) is 8.84. The van der Waals surface area contributed by atoms with E-state index in [9.17, 15) is 4.79 Å². The highest BCUT2D eigenvalue weighted by Crippen LogP contribution is 2.25. The molecule has 0 amide bonds. The highest BCUT2D eigenvalue weighted by molar-refractivity contribution is 8.22. The molecule has 0 radical (unpaired) electrons. The molecule has 5 rings (SSSR count). The highest BCUT2D eigenvalue weighted by Gasteiger charge is 2.19. The summed E-state index contributed by atoms with van der Waals surface area (Å²) in [7, 11) is 1.61. The SMILES string of the molecule is COc1ccc(-c2coc3cc(OCCCSC(=S)N4CCN(c5ccccn5)CC4)ccc3c2=O)cc1. The van der Waals surface area contributed by atoms with Crippen LogP contribution in [0.5, 0.6) is 11.5 Å². The number of fused-ring (bicyclic) bond motifs is 1. The quantitative estimate of drug-likeness (QED) is 0.211. The Morgan fingerprint density at radius 3 is 2.58 bits per heavy atom. The van der Waals surface area contributed by atoms with Crippen LogP contribution in [0.15, 0.2) is 82.3 Å². The number of pyridine rings is 1. The van der Waals surface area contributed by atoms with Crippen LogP contribution < -0.4 is 19.8 Å². The third-order valence-electron chi connectivity index (χ3n) is 6.44. The molecule has 7 nitrogen and oxygen atoms in total. The summed E-state index contributed by atoms with van der Waals surface area (Å²) in [6, 6.07) is 18.7. The lowest BCUT2D eigenvalue weighted by Crippen LogP contribution is -2.47. The fraction of sp³-hybridized carbons (Fsp3) is 0.276. The Kier molecular flexibility index (Phi) is 8.45. The monoisotopic (exact) mass is 547 g/mol. The van der Waals surface area contributed by atoms with Crippen molar-refractivity contribution in [2.45, 2.75) is 6.42 Å². The van der Waals surface area contributed by atoms with E-state index >= 15 is 0 Å². The smallest absolute Gasteiger partial charge is 0.200 e. The van der Waals surface area contributed by atoms with Crippen LogP contribution in [0.4, 0.5) is 5.82 Å². The van der Waals surface area contributed by atoms with Crippen molar-refractivity contribution in [3.05, 3.63) is 83.3 Å². The minimum Gasteiger partial charge on any atom is -0.497 e. The topological polar surface area (TPSA) is 68.0 Å². The van der Waals surface area contributed by atoms with Crippen molar-refractivity contribution in [3.63, 3.8) is 0 Å². The second kappa shape index (κ2) is 12.3. The van der Waals surface area contributed by atoms with E-state index in [2.05, 4.69) is 14.8 Å². The number of thiocarbonyl (C=S) groups is 1. The molecule has 1 aliphatic heterocycles. The summed E-state index contributed by atoms with van der Waals surface area (Å²) in [5.41, 5.74) is 1.73. The largest absolute Gasteiger partial charge is 0.497 e. The summed E-state index contributed by atoms with van der Waals surface area (Å²) in [5.74, 6) is 3.32. The number of thioether (sulfide) groups is 1. The van der Waals surface area contributed by atoms with Gasteiger partial charge in [0.2, 0.25) is 0 Å². The fourth-order valence-corrected chi connectivity index (χ4v) is 5.56. The first-order valence-electron chi connectivity index (χ1n) is 12.5. The summed E-state index contributed by atoms with van der Waals surface area (Å²) >= 11 is 7.36. The summed E-state index contributed by atoms with van der Waals surface area (Å²) in [4.78, 5) is 22.0. The number of methoxy groups -OCH3 is 1. The van der Waals surface area contributed by atoms with E-state index in [1.807, 2.05) is 54.7 Å². The van der Waals surface area contributed by atoms with Gasteiger partial charge in [0.15, 0.2) is 5.43 Å². The van der Waals surface area contributed by atoms with Crippen LogP contribution in [-0.2, 0) is 0 Å². The molecule has 2 aromatic carbocycles. The first-order chi connectivity index (χ1) is 18.6. The first kappa shape index (κ1) is 26.1. The van der Waals surface area contributed by atoms with Crippen molar-refractivity contribution in [1.82, 2.24) is 9.88 Å². The molecule has 0 aliphatic carbocycles. The van der Waals surface area contributed by atoms with Gasteiger partial charge in [-0.25, -0.2) is 4.98 Å². The molecule has 0 atom stereocenters. The summed E-state index contributed by atoms with van der Waals surface area (Å²) in [6.45, 7) is 4.20. The average Bonchev–Trinajstić information content (AvgIpc) is 2.98. The fourth-order valence-electron chi connectivity index (χ4n) is 4.33.